The quantitative estimate of drug-likeness (QED) is 0.264. The lowest BCUT2D eigenvalue weighted by molar-refractivity contribution is -0.141. The van der Waals surface area contributed by atoms with Crippen LogP contribution in [0.15, 0.2) is 47.9 Å². The smallest absolute Gasteiger partial charge is 0.489 e. The van der Waals surface area contributed by atoms with Gasteiger partial charge in [-0.1, -0.05) is 12.1 Å². The first-order chi connectivity index (χ1) is 20.7. The largest absolute Gasteiger partial charge is 0.494 e. The van der Waals surface area contributed by atoms with Crippen LogP contribution in [0.25, 0.3) is 5.57 Å². The van der Waals surface area contributed by atoms with Gasteiger partial charge in [0.2, 0.25) is 0 Å². The Labute approximate surface area is 256 Å². The molecule has 3 saturated heterocycles. The van der Waals surface area contributed by atoms with Crippen LogP contribution >= 0.6 is 0 Å². The van der Waals surface area contributed by atoms with Gasteiger partial charge >= 0.3 is 7.12 Å². The van der Waals surface area contributed by atoms with Gasteiger partial charge in [-0.15, -0.1) is 0 Å². The highest BCUT2D eigenvalue weighted by molar-refractivity contribution is 6.57. The Balaban J connectivity index is 1.29. The highest BCUT2D eigenvalue weighted by Gasteiger charge is 2.53. The van der Waals surface area contributed by atoms with Crippen molar-refractivity contribution in [3.05, 3.63) is 59.1 Å². The van der Waals surface area contributed by atoms with Gasteiger partial charge < -0.3 is 37.9 Å². The zero-order chi connectivity index (χ0) is 30.2. The molecular formula is C34H46BNO7. The topological polar surface area (TPSA) is 67.9 Å². The molecular weight excluding hydrogens is 545 g/mol. The average Bonchev–Trinajstić information content (AvgIpc) is 3.24. The number of hydrogen-bond acceptors (Lipinski definition) is 8. The molecule has 9 heteroatoms. The lowest BCUT2D eigenvalue weighted by Gasteiger charge is -2.36. The van der Waals surface area contributed by atoms with Gasteiger partial charge in [0.15, 0.2) is 12.6 Å². The molecule has 2 aromatic rings. The van der Waals surface area contributed by atoms with Crippen LogP contribution in [-0.2, 0) is 23.5 Å². The van der Waals surface area contributed by atoms with Crippen LogP contribution in [0.5, 0.6) is 11.5 Å². The number of piperidine rings is 1. The minimum atomic E-state index is -0.507. The first-order valence-electron chi connectivity index (χ1n) is 15.7. The van der Waals surface area contributed by atoms with Crippen molar-refractivity contribution in [2.75, 3.05) is 45.4 Å². The number of fused-ring (bicyclic) bond motifs is 1. The predicted octanol–water partition coefficient (Wildman–Crippen LogP) is 6.25. The second-order valence-corrected chi connectivity index (χ2v) is 13.1. The van der Waals surface area contributed by atoms with Crippen LogP contribution in [0, 0.1) is 5.92 Å². The lowest BCUT2D eigenvalue weighted by Crippen LogP contribution is -2.41. The molecule has 4 aliphatic rings. The Morgan fingerprint density at radius 1 is 0.884 bits per heavy atom. The molecule has 0 bridgehead atoms. The monoisotopic (exact) mass is 591 g/mol. The van der Waals surface area contributed by atoms with Crippen LogP contribution in [0.2, 0.25) is 0 Å². The van der Waals surface area contributed by atoms with E-state index in [0.29, 0.717) is 12.5 Å². The second-order valence-electron chi connectivity index (χ2n) is 13.1. The third kappa shape index (κ3) is 6.20. The first-order valence-corrected chi connectivity index (χ1v) is 15.7. The second kappa shape index (κ2) is 12.4. The SMILES string of the molecule is COC(OC)C1CCN(c2ccc(C3=C(B4OC(C)(C)C(C)(C)O4)COc4cc(OC5CCCCO5)ccc43)cc2)CC1. The number of hydrogen-bond donors (Lipinski definition) is 0. The number of nitrogens with zero attached hydrogens (tertiary/aromatic N) is 1. The van der Waals surface area contributed by atoms with Crippen molar-refractivity contribution in [1.82, 2.24) is 0 Å². The van der Waals surface area contributed by atoms with Crippen LogP contribution < -0.4 is 14.4 Å². The van der Waals surface area contributed by atoms with E-state index < -0.39 is 18.3 Å². The van der Waals surface area contributed by atoms with Gasteiger partial charge in [-0.25, -0.2) is 0 Å². The maximum Gasteiger partial charge on any atom is 0.494 e. The summed E-state index contributed by atoms with van der Waals surface area (Å²) in [5.74, 6) is 1.96. The highest BCUT2D eigenvalue weighted by atomic mass is 16.7. The molecule has 232 valence electrons. The van der Waals surface area contributed by atoms with E-state index in [1.165, 1.54) is 5.69 Å². The standard InChI is InChI=1S/C34H46BNO7/c1-33(2)34(3,4)43-35(42-33)28-22-40-29-21-26(41-30-9-7-8-20-39-30)14-15-27(29)31(28)23-10-12-25(13-11-23)36-18-16-24(17-19-36)32(37-5)38-6/h10-15,21,24,30,32H,7-9,16-20,22H2,1-6H3. The average molecular weight is 592 g/mol. The van der Waals surface area contributed by atoms with E-state index >= 15 is 0 Å². The summed E-state index contributed by atoms with van der Waals surface area (Å²) < 4.78 is 42.5. The number of methoxy groups -OCH3 is 2. The number of ether oxygens (including phenoxy) is 5. The van der Waals surface area contributed by atoms with Gasteiger partial charge in [-0.2, -0.15) is 0 Å². The molecule has 4 aliphatic heterocycles. The molecule has 1 atom stereocenters. The molecule has 3 fully saturated rings. The molecule has 0 spiro atoms. The van der Waals surface area contributed by atoms with Gasteiger partial charge in [0.25, 0.3) is 0 Å². The molecule has 0 aliphatic carbocycles. The van der Waals surface area contributed by atoms with Crippen molar-refractivity contribution in [2.24, 2.45) is 5.92 Å². The van der Waals surface area contributed by atoms with Gasteiger partial charge in [0.1, 0.15) is 18.1 Å². The summed E-state index contributed by atoms with van der Waals surface area (Å²) in [4.78, 5) is 2.45. The molecule has 0 radical (unpaired) electrons. The summed E-state index contributed by atoms with van der Waals surface area (Å²) >= 11 is 0. The normalized spacial score (nSPS) is 23.8. The number of benzene rings is 2. The highest BCUT2D eigenvalue weighted by Crippen LogP contribution is 2.45. The Bertz CT molecular complexity index is 1280. The zero-order valence-electron chi connectivity index (χ0n) is 26.5. The minimum absolute atomic E-state index is 0.139. The van der Waals surface area contributed by atoms with Crippen LogP contribution in [-0.4, -0.2) is 71.4 Å². The third-order valence-electron chi connectivity index (χ3n) is 9.78. The third-order valence-corrected chi connectivity index (χ3v) is 9.78. The van der Waals surface area contributed by atoms with E-state index in [-0.39, 0.29) is 12.6 Å². The van der Waals surface area contributed by atoms with E-state index in [9.17, 15) is 0 Å². The Morgan fingerprint density at radius 3 is 2.21 bits per heavy atom. The lowest BCUT2D eigenvalue weighted by atomic mass is 9.71. The van der Waals surface area contributed by atoms with E-state index in [1.807, 2.05) is 12.1 Å². The summed E-state index contributed by atoms with van der Waals surface area (Å²) in [5.41, 5.74) is 4.52. The summed E-state index contributed by atoms with van der Waals surface area (Å²) in [6.45, 7) is 11.4. The summed E-state index contributed by atoms with van der Waals surface area (Å²) in [7, 11) is 2.94. The molecule has 2 aromatic carbocycles. The first kappa shape index (κ1) is 30.5. The Kier molecular flexibility index (Phi) is 8.82. The zero-order valence-corrected chi connectivity index (χ0v) is 26.5. The molecule has 0 N–H and O–H groups in total. The van der Waals surface area contributed by atoms with E-state index in [4.69, 9.17) is 33.0 Å². The van der Waals surface area contributed by atoms with E-state index in [1.54, 1.807) is 14.2 Å². The fourth-order valence-electron chi connectivity index (χ4n) is 6.52. The van der Waals surface area contributed by atoms with Crippen LogP contribution in [0.4, 0.5) is 5.69 Å². The minimum Gasteiger partial charge on any atom is -0.489 e. The Hall–Kier alpha value is -2.56. The number of rotatable bonds is 8. The van der Waals surface area contributed by atoms with Gasteiger partial charge in [0, 0.05) is 62.4 Å². The fourth-order valence-corrected chi connectivity index (χ4v) is 6.52. The summed E-state index contributed by atoms with van der Waals surface area (Å²) in [6.07, 6.45) is 4.82. The molecule has 1 unspecified atom stereocenters. The molecule has 0 saturated carbocycles. The molecule has 0 aromatic heterocycles. The molecule has 8 nitrogen and oxygen atoms in total. The summed E-state index contributed by atoms with van der Waals surface area (Å²) in [5, 5.41) is 0. The van der Waals surface area contributed by atoms with Crippen molar-refractivity contribution >= 4 is 18.4 Å². The van der Waals surface area contributed by atoms with Crippen molar-refractivity contribution in [3.63, 3.8) is 0 Å². The van der Waals surface area contributed by atoms with E-state index in [0.717, 1.165) is 85.5 Å². The van der Waals surface area contributed by atoms with Crippen LogP contribution in [0.1, 0.15) is 70.9 Å². The van der Waals surface area contributed by atoms with Crippen molar-refractivity contribution in [1.29, 1.82) is 0 Å². The van der Waals surface area contributed by atoms with E-state index in [2.05, 4.69) is 62.9 Å². The van der Waals surface area contributed by atoms with Crippen molar-refractivity contribution in [3.8, 4) is 11.5 Å². The van der Waals surface area contributed by atoms with Crippen molar-refractivity contribution < 1.29 is 33.0 Å². The maximum atomic E-state index is 6.53. The van der Waals surface area contributed by atoms with Crippen molar-refractivity contribution in [2.45, 2.75) is 83.6 Å². The fraction of sp³-hybridized carbons (Fsp3) is 0.588. The number of anilines is 1. The predicted molar refractivity (Wildman–Crippen MR) is 167 cm³/mol. The van der Waals surface area contributed by atoms with Gasteiger partial charge in [0.05, 0.1) is 17.8 Å². The van der Waals surface area contributed by atoms with Gasteiger partial charge in [-0.3, -0.25) is 0 Å². The molecule has 0 amide bonds. The maximum absolute atomic E-state index is 6.53. The molecule has 6 rings (SSSR count). The molecule has 4 heterocycles. The van der Waals surface area contributed by atoms with Gasteiger partial charge in [-0.05, 0) is 88.8 Å². The molecule has 43 heavy (non-hydrogen) atoms. The van der Waals surface area contributed by atoms with Crippen LogP contribution in [0.3, 0.4) is 0 Å². The summed E-state index contributed by atoms with van der Waals surface area (Å²) in [6, 6.07) is 15.0. The Morgan fingerprint density at radius 2 is 1.58 bits per heavy atom.